The van der Waals surface area contributed by atoms with Gasteiger partial charge in [0.05, 0.1) is 25.3 Å². The Morgan fingerprint density at radius 3 is 2.61 bits per heavy atom. The molecule has 0 amide bonds. The summed E-state index contributed by atoms with van der Waals surface area (Å²) >= 11 is 1.00. The third-order valence-corrected chi connectivity index (χ3v) is 5.93. The third-order valence-electron chi connectivity index (χ3n) is 3.04. The molecule has 0 radical (unpaired) electrons. The zero-order valence-corrected chi connectivity index (χ0v) is 13.9. The Balaban J connectivity index is 2.52. The van der Waals surface area contributed by atoms with Gasteiger partial charge in [0.15, 0.2) is 0 Å². The average Bonchev–Trinajstić information content (AvgIpc) is 3.06. The van der Waals surface area contributed by atoms with Crippen LogP contribution in [-0.2, 0) is 14.8 Å². The summed E-state index contributed by atoms with van der Waals surface area (Å²) in [4.78, 5) is 11.7. The second-order valence-corrected chi connectivity index (χ2v) is 7.17. The summed E-state index contributed by atoms with van der Waals surface area (Å²) in [6.07, 6.45) is 0.0336. The molecule has 0 aliphatic carbocycles. The minimum atomic E-state index is -3.98. The van der Waals surface area contributed by atoms with Gasteiger partial charge in [-0.25, -0.2) is 13.2 Å². The number of thiophene rings is 1. The fourth-order valence-corrected chi connectivity index (χ4v) is 4.77. The van der Waals surface area contributed by atoms with Crippen LogP contribution in [0.3, 0.4) is 0 Å². The number of hydrogen-bond acceptors (Lipinski definition) is 6. The molecular formula is C15H14N2O4S2. The van der Waals surface area contributed by atoms with E-state index in [1.54, 1.807) is 30.3 Å². The number of benzene rings is 1. The lowest BCUT2D eigenvalue weighted by molar-refractivity contribution is 0.0602. The molecule has 8 heteroatoms. The van der Waals surface area contributed by atoms with Crippen LogP contribution in [0.25, 0.3) is 0 Å². The normalized spacial score (nSPS) is 10.8. The molecule has 1 heterocycles. The number of anilines is 1. The number of ether oxygens (including phenoxy) is 1. The van der Waals surface area contributed by atoms with Crippen LogP contribution in [0.1, 0.15) is 16.1 Å². The average molecular weight is 350 g/mol. The molecule has 2 rings (SSSR count). The van der Waals surface area contributed by atoms with Crippen LogP contribution in [-0.4, -0.2) is 28.0 Å². The standard InChI is InChI=1S/C15H14N2O4S2/c1-21-15(18)14-13(8-11-22-14)23(19,20)17(10-5-9-16)12-6-3-2-4-7-12/h2-4,6-8,11H,5,10H2,1H3. The van der Waals surface area contributed by atoms with Gasteiger partial charge in [0.25, 0.3) is 10.0 Å². The first-order valence-electron chi connectivity index (χ1n) is 6.63. The molecular weight excluding hydrogens is 336 g/mol. The van der Waals surface area contributed by atoms with E-state index in [2.05, 4.69) is 4.74 Å². The van der Waals surface area contributed by atoms with Crippen molar-refractivity contribution in [1.29, 1.82) is 5.26 Å². The van der Waals surface area contributed by atoms with E-state index in [9.17, 15) is 13.2 Å². The fraction of sp³-hybridized carbons (Fsp3) is 0.200. The predicted octanol–water partition coefficient (Wildman–Crippen LogP) is 2.64. The number of nitriles is 1. The molecule has 0 spiro atoms. The number of esters is 1. The lowest BCUT2D eigenvalue weighted by Gasteiger charge is -2.23. The van der Waals surface area contributed by atoms with E-state index >= 15 is 0 Å². The first-order valence-corrected chi connectivity index (χ1v) is 8.95. The predicted molar refractivity (Wildman–Crippen MR) is 86.9 cm³/mol. The second-order valence-electron chi connectivity index (χ2n) is 4.43. The molecule has 0 saturated carbocycles. The van der Waals surface area contributed by atoms with Crippen LogP contribution >= 0.6 is 11.3 Å². The number of methoxy groups -OCH3 is 1. The number of para-hydroxylation sites is 1. The van der Waals surface area contributed by atoms with Crippen LogP contribution in [0.5, 0.6) is 0 Å². The molecule has 23 heavy (non-hydrogen) atoms. The Labute approximate surface area is 138 Å². The van der Waals surface area contributed by atoms with E-state index in [1.807, 2.05) is 6.07 Å². The summed E-state index contributed by atoms with van der Waals surface area (Å²) in [5.74, 6) is -0.702. The van der Waals surface area contributed by atoms with Crippen molar-refractivity contribution in [2.75, 3.05) is 18.0 Å². The van der Waals surface area contributed by atoms with Crippen molar-refractivity contribution in [1.82, 2.24) is 0 Å². The van der Waals surface area contributed by atoms with E-state index in [0.29, 0.717) is 5.69 Å². The van der Waals surface area contributed by atoms with Gasteiger partial charge in [0.1, 0.15) is 9.77 Å². The molecule has 0 saturated heterocycles. The summed E-state index contributed by atoms with van der Waals surface area (Å²) in [5, 5.41) is 10.3. The number of sulfonamides is 1. The smallest absolute Gasteiger partial charge is 0.349 e. The Bertz CT molecular complexity index is 823. The van der Waals surface area contributed by atoms with Gasteiger partial charge in [0.2, 0.25) is 0 Å². The van der Waals surface area contributed by atoms with Crippen molar-refractivity contribution in [3.05, 3.63) is 46.7 Å². The number of hydrogen-bond donors (Lipinski definition) is 0. The zero-order chi connectivity index (χ0) is 16.9. The summed E-state index contributed by atoms with van der Waals surface area (Å²) in [6, 6.07) is 11.8. The van der Waals surface area contributed by atoms with Crippen LogP contribution in [0, 0.1) is 11.3 Å². The minimum absolute atomic E-state index is 0.000689. The van der Waals surface area contributed by atoms with E-state index in [0.717, 1.165) is 15.6 Å². The van der Waals surface area contributed by atoms with Gasteiger partial charge in [-0.15, -0.1) is 11.3 Å². The first kappa shape index (κ1) is 17.0. The molecule has 0 aliphatic rings. The fourth-order valence-electron chi connectivity index (χ4n) is 1.99. The summed E-state index contributed by atoms with van der Waals surface area (Å²) in [6.45, 7) is -0.000689. The van der Waals surface area contributed by atoms with Gasteiger partial charge in [-0.05, 0) is 23.6 Å². The molecule has 120 valence electrons. The SMILES string of the molecule is COC(=O)c1sccc1S(=O)(=O)N(CCC#N)c1ccccc1. The van der Waals surface area contributed by atoms with E-state index in [1.165, 1.54) is 18.6 Å². The summed E-state index contributed by atoms with van der Waals surface area (Å²) in [7, 11) is -2.78. The highest BCUT2D eigenvalue weighted by atomic mass is 32.2. The van der Waals surface area contributed by atoms with Gasteiger partial charge in [0, 0.05) is 6.54 Å². The van der Waals surface area contributed by atoms with Crippen molar-refractivity contribution in [2.24, 2.45) is 0 Å². The molecule has 0 N–H and O–H groups in total. The second kappa shape index (κ2) is 7.26. The van der Waals surface area contributed by atoms with Crippen molar-refractivity contribution < 1.29 is 17.9 Å². The lowest BCUT2D eigenvalue weighted by atomic mass is 10.3. The minimum Gasteiger partial charge on any atom is -0.465 e. The van der Waals surface area contributed by atoms with Gasteiger partial charge in [-0.1, -0.05) is 18.2 Å². The van der Waals surface area contributed by atoms with E-state index < -0.39 is 16.0 Å². The highest BCUT2D eigenvalue weighted by Crippen LogP contribution is 2.29. The molecule has 6 nitrogen and oxygen atoms in total. The van der Waals surface area contributed by atoms with Crippen molar-refractivity contribution in [3.8, 4) is 6.07 Å². The van der Waals surface area contributed by atoms with Crippen LogP contribution < -0.4 is 4.31 Å². The Morgan fingerprint density at radius 1 is 1.30 bits per heavy atom. The largest absolute Gasteiger partial charge is 0.465 e. The summed E-state index contributed by atoms with van der Waals surface area (Å²) < 4.78 is 31.7. The molecule has 0 fully saturated rings. The monoisotopic (exact) mass is 350 g/mol. The van der Waals surface area contributed by atoms with Gasteiger partial charge < -0.3 is 4.74 Å². The van der Waals surface area contributed by atoms with Gasteiger partial charge in [-0.3, -0.25) is 4.31 Å². The van der Waals surface area contributed by atoms with Gasteiger partial charge >= 0.3 is 5.97 Å². The van der Waals surface area contributed by atoms with Crippen molar-refractivity contribution in [2.45, 2.75) is 11.3 Å². The highest BCUT2D eigenvalue weighted by molar-refractivity contribution is 7.93. The van der Waals surface area contributed by atoms with Crippen molar-refractivity contribution in [3.63, 3.8) is 0 Å². The molecule has 1 aromatic heterocycles. The van der Waals surface area contributed by atoms with E-state index in [4.69, 9.17) is 5.26 Å². The molecule has 1 aromatic carbocycles. The number of carbonyl (C=O) groups is 1. The topological polar surface area (TPSA) is 87.5 Å². The molecule has 0 unspecified atom stereocenters. The molecule has 2 aromatic rings. The van der Waals surface area contributed by atoms with E-state index in [-0.39, 0.29) is 22.7 Å². The number of nitrogens with zero attached hydrogens (tertiary/aromatic N) is 2. The molecule has 0 atom stereocenters. The quantitative estimate of drug-likeness (QED) is 0.747. The maximum atomic E-state index is 13.0. The molecule has 0 bridgehead atoms. The maximum absolute atomic E-state index is 13.0. The number of carbonyl (C=O) groups excluding carboxylic acids is 1. The Kier molecular flexibility index (Phi) is 5.36. The van der Waals surface area contributed by atoms with Crippen molar-refractivity contribution >= 4 is 33.0 Å². The number of rotatable bonds is 6. The summed E-state index contributed by atoms with van der Waals surface area (Å²) in [5.41, 5.74) is 0.435. The van der Waals surface area contributed by atoms with Gasteiger partial charge in [-0.2, -0.15) is 5.26 Å². The zero-order valence-electron chi connectivity index (χ0n) is 12.3. The first-order chi connectivity index (χ1) is 11.0. The lowest BCUT2D eigenvalue weighted by Crippen LogP contribution is -2.32. The Morgan fingerprint density at radius 2 is 2.00 bits per heavy atom. The molecule has 0 aliphatic heterocycles. The Hall–Kier alpha value is -2.37. The maximum Gasteiger partial charge on any atom is 0.349 e. The third kappa shape index (κ3) is 3.52. The van der Waals surface area contributed by atoms with Crippen LogP contribution in [0.15, 0.2) is 46.7 Å². The van der Waals surface area contributed by atoms with Crippen LogP contribution in [0.2, 0.25) is 0 Å². The highest BCUT2D eigenvalue weighted by Gasteiger charge is 2.30. The van der Waals surface area contributed by atoms with Crippen LogP contribution in [0.4, 0.5) is 5.69 Å².